The van der Waals surface area contributed by atoms with E-state index < -0.39 is 22.3 Å². The van der Waals surface area contributed by atoms with Gasteiger partial charge in [-0.15, -0.1) is 0 Å². The number of nitro groups is 1. The van der Waals surface area contributed by atoms with Crippen LogP contribution in [-0.4, -0.2) is 38.7 Å². The van der Waals surface area contributed by atoms with Crippen LogP contribution in [0.5, 0.6) is 11.5 Å². The molecule has 4 rings (SSSR count). The van der Waals surface area contributed by atoms with Gasteiger partial charge in [-0.05, 0) is 31.2 Å². The predicted octanol–water partition coefficient (Wildman–Crippen LogP) is 4.01. The number of nitro benzene ring substituents is 1. The summed E-state index contributed by atoms with van der Waals surface area (Å²) < 4.78 is 5.23. The summed E-state index contributed by atoms with van der Waals surface area (Å²) in [4.78, 5) is 30.7. The molecular formula is C23H19N5O5. The van der Waals surface area contributed by atoms with Gasteiger partial charge in [0.2, 0.25) is 5.75 Å². The fourth-order valence-electron chi connectivity index (χ4n) is 3.21. The molecule has 0 aliphatic carbocycles. The number of ether oxygens (including phenoxy) is 1. The van der Waals surface area contributed by atoms with Crippen molar-refractivity contribution in [2.75, 3.05) is 6.61 Å². The van der Waals surface area contributed by atoms with E-state index >= 15 is 0 Å². The van der Waals surface area contributed by atoms with Gasteiger partial charge in [-0.25, -0.2) is 10.4 Å². The zero-order valence-corrected chi connectivity index (χ0v) is 17.5. The first-order valence-electron chi connectivity index (χ1n) is 9.99. The lowest BCUT2D eigenvalue weighted by molar-refractivity contribution is -0.386. The Kier molecular flexibility index (Phi) is 5.98. The number of hydrazone groups is 1. The lowest BCUT2D eigenvalue weighted by Gasteiger charge is -2.07. The molecule has 3 N–H and O–H groups in total. The maximum Gasteiger partial charge on any atom is 0.315 e. The van der Waals surface area contributed by atoms with E-state index in [0.717, 1.165) is 11.6 Å². The second kappa shape index (κ2) is 9.18. The Morgan fingerprint density at radius 2 is 2.03 bits per heavy atom. The lowest BCUT2D eigenvalue weighted by atomic mass is 10.2. The monoisotopic (exact) mass is 445 g/mol. The minimum absolute atomic E-state index is 0.0432. The van der Waals surface area contributed by atoms with E-state index in [2.05, 4.69) is 20.5 Å². The quantitative estimate of drug-likeness (QED) is 0.223. The molecule has 0 spiro atoms. The van der Waals surface area contributed by atoms with Gasteiger partial charge in [0.05, 0.1) is 28.8 Å². The van der Waals surface area contributed by atoms with Crippen molar-refractivity contribution in [1.29, 1.82) is 0 Å². The molecule has 4 aromatic rings. The maximum atomic E-state index is 12.5. The SMILES string of the molecule is CCOc1cc(/C=N/NC(=O)c2ccc3nc(-c4ccccc4)[nH]c3c2)cc([N+](=O)[O-])c1O. The highest BCUT2D eigenvalue weighted by Crippen LogP contribution is 2.36. The number of amides is 1. The summed E-state index contributed by atoms with van der Waals surface area (Å²) in [5, 5.41) is 25.0. The number of nitrogens with one attached hydrogen (secondary N) is 2. The third kappa shape index (κ3) is 4.64. The molecular weight excluding hydrogens is 426 g/mol. The standard InChI is InChI=1S/C23H19N5O5/c1-2-33-20-11-14(10-19(21(20)29)28(31)32)13-24-27-23(30)16-8-9-17-18(12-16)26-22(25-17)15-6-4-3-5-7-15/h3-13,29H,2H2,1H3,(H,25,26)(H,27,30)/b24-13+. The number of carbonyl (C=O) groups is 1. The molecule has 10 heteroatoms. The van der Waals surface area contributed by atoms with Crippen LogP contribution in [-0.2, 0) is 0 Å². The van der Waals surface area contributed by atoms with Gasteiger partial charge in [-0.3, -0.25) is 14.9 Å². The Labute approximate surface area is 187 Å². The van der Waals surface area contributed by atoms with Gasteiger partial charge < -0.3 is 14.8 Å². The van der Waals surface area contributed by atoms with Crippen molar-refractivity contribution >= 4 is 28.8 Å². The minimum Gasteiger partial charge on any atom is -0.500 e. The second-order valence-corrected chi connectivity index (χ2v) is 6.96. The Morgan fingerprint density at radius 1 is 1.24 bits per heavy atom. The van der Waals surface area contributed by atoms with Gasteiger partial charge in [0.15, 0.2) is 5.75 Å². The molecule has 1 heterocycles. The first-order valence-corrected chi connectivity index (χ1v) is 9.99. The summed E-state index contributed by atoms with van der Waals surface area (Å²) in [5.74, 6) is -0.383. The molecule has 0 aliphatic heterocycles. The Hall–Kier alpha value is -4.73. The van der Waals surface area contributed by atoms with E-state index in [0.29, 0.717) is 22.4 Å². The van der Waals surface area contributed by atoms with Crippen molar-refractivity contribution in [3.8, 4) is 22.9 Å². The van der Waals surface area contributed by atoms with Crippen LogP contribution >= 0.6 is 0 Å². The van der Waals surface area contributed by atoms with E-state index in [9.17, 15) is 20.0 Å². The Morgan fingerprint density at radius 3 is 2.76 bits per heavy atom. The second-order valence-electron chi connectivity index (χ2n) is 6.96. The molecule has 0 fully saturated rings. The average molecular weight is 445 g/mol. The average Bonchev–Trinajstić information content (AvgIpc) is 3.25. The molecule has 1 aromatic heterocycles. The summed E-state index contributed by atoms with van der Waals surface area (Å²) in [6.07, 6.45) is 1.23. The number of phenolic OH excluding ortho intramolecular Hbond substituents is 1. The number of benzene rings is 3. The molecule has 3 aromatic carbocycles. The zero-order chi connectivity index (χ0) is 23.4. The van der Waals surface area contributed by atoms with Gasteiger partial charge >= 0.3 is 5.69 Å². The summed E-state index contributed by atoms with van der Waals surface area (Å²) >= 11 is 0. The number of aromatic amines is 1. The van der Waals surface area contributed by atoms with Crippen molar-refractivity contribution in [2.24, 2.45) is 5.10 Å². The fraction of sp³-hybridized carbons (Fsp3) is 0.0870. The van der Waals surface area contributed by atoms with Gasteiger partial charge in [-0.2, -0.15) is 5.10 Å². The van der Waals surface area contributed by atoms with Crippen LogP contribution in [0.25, 0.3) is 22.4 Å². The molecule has 0 unspecified atom stereocenters. The number of phenols is 1. The highest BCUT2D eigenvalue weighted by atomic mass is 16.6. The number of nitrogens with zero attached hydrogens (tertiary/aromatic N) is 3. The van der Waals surface area contributed by atoms with Crippen LogP contribution in [0.2, 0.25) is 0 Å². The molecule has 0 radical (unpaired) electrons. The van der Waals surface area contributed by atoms with Gasteiger partial charge in [0.25, 0.3) is 5.91 Å². The third-order valence-electron chi connectivity index (χ3n) is 4.74. The number of hydrogen-bond donors (Lipinski definition) is 3. The Bertz CT molecular complexity index is 1360. The largest absolute Gasteiger partial charge is 0.500 e. The zero-order valence-electron chi connectivity index (χ0n) is 17.5. The lowest BCUT2D eigenvalue weighted by Crippen LogP contribution is -2.17. The van der Waals surface area contributed by atoms with Crippen molar-refractivity contribution in [3.63, 3.8) is 0 Å². The maximum absolute atomic E-state index is 12.5. The normalized spacial score (nSPS) is 11.1. The number of aromatic hydroxyl groups is 1. The van der Waals surface area contributed by atoms with Crippen molar-refractivity contribution in [1.82, 2.24) is 15.4 Å². The van der Waals surface area contributed by atoms with Crippen molar-refractivity contribution in [2.45, 2.75) is 6.92 Å². The summed E-state index contributed by atoms with van der Waals surface area (Å²) in [6.45, 7) is 1.90. The molecule has 1 amide bonds. The van der Waals surface area contributed by atoms with E-state index in [-0.39, 0.29) is 17.9 Å². The first-order chi connectivity index (χ1) is 16.0. The molecule has 166 valence electrons. The summed E-state index contributed by atoms with van der Waals surface area (Å²) in [6, 6.07) is 17.2. The first kappa shape index (κ1) is 21.5. The van der Waals surface area contributed by atoms with E-state index in [1.807, 2.05) is 30.3 Å². The number of carbonyl (C=O) groups excluding carboxylic acids is 1. The van der Waals surface area contributed by atoms with Gasteiger partial charge in [-0.1, -0.05) is 30.3 Å². The molecule has 10 nitrogen and oxygen atoms in total. The van der Waals surface area contributed by atoms with E-state index in [4.69, 9.17) is 4.74 Å². The number of fused-ring (bicyclic) bond motifs is 1. The summed E-state index contributed by atoms with van der Waals surface area (Å²) in [5.41, 5.74) is 4.84. The number of H-pyrrole nitrogens is 1. The van der Waals surface area contributed by atoms with Crippen LogP contribution in [0.4, 0.5) is 5.69 Å². The topological polar surface area (TPSA) is 143 Å². The van der Waals surface area contributed by atoms with Crippen LogP contribution in [0.15, 0.2) is 65.8 Å². The predicted molar refractivity (Wildman–Crippen MR) is 123 cm³/mol. The fourth-order valence-corrected chi connectivity index (χ4v) is 3.21. The van der Waals surface area contributed by atoms with E-state index in [1.54, 1.807) is 25.1 Å². The third-order valence-corrected chi connectivity index (χ3v) is 4.74. The molecule has 0 saturated heterocycles. The Balaban J connectivity index is 1.52. The number of imidazole rings is 1. The smallest absolute Gasteiger partial charge is 0.315 e. The molecule has 0 atom stereocenters. The summed E-state index contributed by atoms with van der Waals surface area (Å²) in [7, 11) is 0. The number of aromatic nitrogens is 2. The number of hydrogen-bond acceptors (Lipinski definition) is 7. The van der Waals surface area contributed by atoms with Crippen molar-refractivity contribution < 1.29 is 19.6 Å². The molecule has 0 aliphatic rings. The van der Waals surface area contributed by atoms with Crippen molar-refractivity contribution in [3.05, 3.63) is 81.9 Å². The molecule has 0 saturated carbocycles. The van der Waals surface area contributed by atoms with Crippen LogP contribution in [0, 0.1) is 10.1 Å². The van der Waals surface area contributed by atoms with Crippen LogP contribution in [0.3, 0.4) is 0 Å². The molecule has 0 bridgehead atoms. The van der Waals surface area contributed by atoms with Crippen LogP contribution in [0.1, 0.15) is 22.8 Å². The van der Waals surface area contributed by atoms with Crippen LogP contribution < -0.4 is 10.2 Å². The number of rotatable bonds is 7. The van der Waals surface area contributed by atoms with E-state index in [1.165, 1.54) is 12.3 Å². The molecule has 33 heavy (non-hydrogen) atoms. The highest BCUT2D eigenvalue weighted by molar-refractivity contribution is 5.98. The van der Waals surface area contributed by atoms with Gasteiger partial charge in [0, 0.05) is 22.8 Å². The van der Waals surface area contributed by atoms with Gasteiger partial charge in [0.1, 0.15) is 5.82 Å². The minimum atomic E-state index is -0.725. The highest BCUT2D eigenvalue weighted by Gasteiger charge is 2.19.